The maximum Gasteiger partial charge on any atom is 0.336 e. The van der Waals surface area contributed by atoms with Crippen LogP contribution in [0.15, 0.2) is 48.6 Å². The third-order valence-electron chi connectivity index (χ3n) is 6.16. The summed E-state index contributed by atoms with van der Waals surface area (Å²) in [7, 11) is 0. The molecule has 2 aromatic carbocycles. The summed E-state index contributed by atoms with van der Waals surface area (Å²) < 4.78 is 0. The molecule has 3 nitrogen and oxygen atoms in total. The van der Waals surface area contributed by atoms with E-state index >= 15 is 0 Å². The minimum atomic E-state index is -0.868. The van der Waals surface area contributed by atoms with Gasteiger partial charge in [-0.15, -0.1) is 0 Å². The Balaban J connectivity index is 1.76. The van der Waals surface area contributed by atoms with Crippen LogP contribution in [0.1, 0.15) is 71.8 Å². The number of carboxylic acids is 1. The van der Waals surface area contributed by atoms with Gasteiger partial charge in [0.2, 0.25) is 0 Å². The largest absolute Gasteiger partial charge is 0.478 e. The third-order valence-corrected chi connectivity index (χ3v) is 6.16. The predicted octanol–water partition coefficient (Wildman–Crippen LogP) is 5.82. The number of carbonyl (C=O) groups is 1. The van der Waals surface area contributed by atoms with Crippen molar-refractivity contribution in [2.75, 3.05) is 5.32 Å². The number of nitrogens with one attached hydrogen (secondary N) is 1. The predicted molar refractivity (Wildman–Crippen MR) is 110 cm³/mol. The van der Waals surface area contributed by atoms with Crippen LogP contribution in [0, 0.1) is 12.8 Å². The molecule has 4 rings (SSSR count). The van der Waals surface area contributed by atoms with Gasteiger partial charge in [0.05, 0.1) is 11.6 Å². The summed E-state index contributed by atoms with van der Waals surface area (Å²) in [6.45, 7) is 8.59. The lowest BCUT2D eigenvalue weighted by Gasteiger charge is -2.38. The number of carboxylic acid groups (broad SMARTS) is 1. The highest BCUT2D eigenvalue weighted by atomic mass is 16.4. The summed E-state index contributed by atoms with van der Waals surface area (Å²) in [5.74, 6) is -0.0598. The normalized spacial score (nSPS) is 23.5. The van der Waals surface area contributed by atoms with Gasteiger partial charge in [-0.2, -0.15) is 0 Å². The minimum absolute atomic E-state index is 0.134. The fraction of sp³-hybridized carbons (Fsp3) is 0.375. The maximum absolute atomic E-state index is 11.6. The van der Waals surface area contributed by atoms with Gasteiger partial charge in [0.1, 0.15) is 0 Å². The molecule has 0 radical (unpaired) electrons. The Bertz CT molecular complexity index is 919. The number of hydrogen-bond donors (Lipinski definition) is 2. The Morgan fingerprint density at radius 2 is 1.81 bits per heavy atom. The zero-order valence-electron chi connectivity index (χ0n) is 16.4. The Morgan fingerprint density at radius 1 is 1.11 bits per heavy atom. The lowest BCUT2D eigenvalue weighted by molar-refractivity contribution is 0.0696. The van der Waals surface area contributed by atoms with E-state index in [4.69, 9.17) is 0 Å². The molecular weight excluding hydrogens is 334 g/mol. The second-order valence-corrected chi connectivity index (χ2v) is 8.86. The lowest BCUT2D eigenvalue weighted by atomic mass is 9.75. The molecule has 3 heteroatoms. The van der Waals surface area contributed by atoms with Crippen LogP contribution in [0.3, 0.4) is 0 Å². The van der Waals surface area contributed by atoms with E-state index in [1.54, 1.807) is 6.07 Å². The first-order chi connectivity index (χ1) is 12.8. The van der Waals surface area contributed by atoms with Crippen molar-refractivity contribution >= 4 is 11.7 Å². The van der Waals surface area contributed by atoms with Crippen LogP contribution in [-0.4, -0.2) is 11.1 Å². The molecule has 2 N–H and O–H groups in total. The topological polar surface area (TPSA) is 49.3 Å². The van der Waals surface area contributed by atoms with Gasteiger partial charge in [-0.3, -0.25) is 0 Å². The molecule has 0 aromatic heterocycles. The summed E-state index contributed by atoms with van der Waals surface area (Å²) in [5.41, 5.74) is 6.15. The number of anilines is 1. The first kappa shape index (κ1) is 17.8. The molecule has 0 amide bonds. The van der Waals surface area contributed by atoms with Crippen molar-refractivity contribution < 1.29 is 9.90 Å². The van der Waals surface area contributed by atoms with Crippen molar-refractivity contribution in [1.82, 2.24) is 0 Å². The molecule has 0 spiro atoms. The molecule has 0 saturated carbocycles. The highest BCUT2D eigenvalue weighted by Gasteiger charge is 2.39. The molecule has 2 aliphatic rings. The summed E-state index contributed by atoms with van der Waals surface area (Å²) >= 11 is 0. The highest BCUT2D eigenvalue weighted by Crippen LogP contribution is 2.51. The Hall–Kier alpha value is -2.55. The van der Waals surface area contributed by atoms with Crippen LogP contribution in [0.4, 0.5) is 5.69 Å². The van der Waals surface area contributed by atoms with Gasteiger partial charge >= 0.3 is 5.97 Å². The Kier molecular flexibility index (Phi) is 4.14. The molecular formula is C24H27NO2. The maximum atomic E-state index is 11.6. The van der Waals surface area contributed by atoms with Gasteiger partial charge < -0.3 is 10.4 Å². The van der Waals surface area contributed by atoms with Gasteiger partial charge in [0, 0.05) is 11.6 Å². The summed E-state index contributed by atoms with van der Waals surface area (Å²) in [4.78, 5) is 11.6. The lowest BCUT2D eigenvalue weighted by Crippen LogP contribution is -2.30. The van der Waals surface area contributed by atoms with Crippen molar-refractivity contribution in [2.24, 2.45) is 5.92 Å². The van der Waals surface area contributed by atoms with E-state index in [-0.39, 0.29) is 11.5 Å². The SMILES string of the molecule is Cc1c(C(=O)O)ccc2c1N[C@H](c1ccc(C(C)(C)C)cc1)[C@@H]1CC=C[C@@H]21. The zero-order valence-corrected chi connectivity index (χ0v) is 16.4. The van der Waals surface area contributed by atoms with Crippen LogP contribution in [0.2, 0.25) is 0 Å². The van der Waals surface area contributed by atoms with E-state index in [1.165, 1.54) is 16.7 Å². The van der Waals surface area contributed by atoms with Crippen molar-refractivity contribution in [3.63, 3.8) is 0 Å². The molecule has 0 unspecified atom stereocenters. The van der Waals surface area contributed by atoms with Crippen LogP contribution in [0.5, 0.6) is 0 Å². The zero-order chi connectivity index (χ0) is 19.3. The van der Waals surface area contributed by atoms with Crippen molar-refractivity contribution in [3.8, 4) is 0 Å². The smallest absolute Gasteiger partial charge is 0.336 e. The Morgan fingerprint density at radius 3 is 2.44 bits per heavy atom. The molecule has 1 heterocycles. The molecule has 1 aliphatic carbocycles. The number of fused-ring (bicyclic) bond motifs is 3. The first-order valence-corrected chi connectivity index (χ1v) is 9.68. The average molecular weight is 361 g/mol. The van der Waals surface area contributed by atoms with Crippen LogP contribution in [0.25, 0.3) is 0 Å². The second-order valence-electron chi connectivity index (χ2n) is 8.86. The number of aromatic carboxylic acids is 1. The summed E-state index contributed by atoms with van der Waals surface area (Å²) in [6.07, 6.45) is 5.60. The van der Waals surface area contributed by atoms with Crippen LogP contribution >= 0.6 is 0 Å². The molecule has 0 fully saturated rings. The van der Waals surface area contributed by atoms with Gasteiger partial charge in [-0.25, -0.2) is 4.79 Å². The van der Waals surface area contributed by atoms with Gasteiger partial charge in [0.25, 0.3) is 0 Å². The van der Waals surface area contributed by atoms with E-state index in [1.807, 2.05) is 13.0 Å². The average Bonchev–Trinajstić information content (AvgIpc) is 3.10. The first-order valence-electron chi connectivity index (χ1n) is 9.68. The highest BCUT2D eigenvalue weighted by molar-refractivity contribution is 5.92. The molecule has 27 heavy (non-hydrogen) atoms. The monoisotopic (exact) mass is 361 g/mol. The minimum Gasteiger partial charge on any atom is -0.478 e. The molecule has 3 atom stereocenters. The molecule has 140 valence electrons. The second kappa shape index (κ2) is 6.26. The summed E-state index contributed by atoms with van der Waals surface area (Å²) in [6, 6.07) is 12.8. The molecule has 0 bridgehead atoms. The van der Waals surface area contributed by atoms with E-state index in [9.17, 15) is 9.90 Å². The third kappa shape index (κ3) is 2.95. The molecule has 1 aliphatic heterocycles. The quantitative estimate of drug-likeness (QED) is 0.663. The van der Waals surface area contributed by atoms with Crippen LogP contribution in [-0.2, 0) is 5.41 Å². The number of rotatable bonds is 2. The van der Waals surface area contributed by atoms with Crippen LogP contribution < -0.4 is 5.32 Å². The number of benzene rings is 2. The molecule has 0 saturated heterocycles. The fourth-order valence-electron chi connectivity index (χ4n) is 4.57. The van der Waals surface area contributed by atoms with Crippen molar-refractivity contribution in [3.05, 3.63) is 76.4 Å². The number of hydrogen-bond acceptors (Lipinski definition) is 2. The van der Waals surface area contributed by atoms with E-state index < -0.39 is 5.97 Å². The standard InChI is InChI=1S/C24H27NO2/c1-14-17(23(26)27)12-13-20-18-6-5-7-19(18)22(25-21(14)20)15-8-10-16(11-9-15)24(2,3)4/h5-6,8-13,18-19,22,25H,7H2,1-4H3,(H,26,27)/t18-,19-,22-/m1/s1. The van der Waals surface area contributed by atoms with E-state index in [0.29, 0.717) is 17.4 Å². The molecule has 2 aromatic rings. The van der Waals surface area contributed by atoms with Crippen molar-refractivity contribution in [1.29, 1.82) is 0 Å². The van der Waals surface area contributed by atoms with Gasteiger partial charge in [-0.1, -0.05) is 63.3 Å². The Labute approximate surface area is 161 Å². The van der Waals surface area contributed by atoms with Gasteiger partial charge in [0.15, 0.2) is 0 Å². The summed E-state index contributed by atoms with van der Waals surface area (Å²) in [5, 5.41) is 13.2. The van der Waals surface area contributed by atoms with E-state index in [2.05, 4.69) is 62.5 Å². The van der Waals surface area contributed by atoms with Gasteiger partial charge in [-0.05, 0) is 53.0 Å². The van der Waals surface area contributed by atoms with Crippen molar-refractivity contribution in [2.45, 2.75) is 51.5 Å². The van der Waals surface area contributed by atoms with E-state index in [0.717, 1.165) is 17.7 Å². The fourth-order valence-corrected chi connectivity index (χ4v) is 4.57. The number of allylic oxidation sites excluding steroid dienone is 2.